The molecule has 5 unspecified atom stereocenters. The highest BCUT2D eigenvalue weighted by Gasteiger charge is 2.52. The fourth-order valence-electron chi connectivity index (χ4n) is 7.80. The van der Waals surface area contributed by atoms with Gasteiger partial charge in [-0.25, -0.2) is 9.59 Å². The Morgan fingerprint density at radius 1 is 0.825 bits per heavy atom. The van der Waals surface area contributed by atoms with Gasteiger partial charge in [0, 0.05) is 55.4 Å². The normalized spacial score (nSPS) is 24.0. The summed E-state index contributed by atoms with van der Waals surface area (Å²) in [4.78, 5) is 96.7. The van der Waals surface area contributed by atoms with Crippen LogP contribution in [0.2, 0.25) is 0 Å². The fraction of sp³-hybridized carbons (Fsp3) is 0.784. The maximum atomic E-state index is 12.7. The van der Waals surface area contributed by atoms with Crippen LogP contribution in [0.4, 0.5) is 9.59 Å². The van der Waals surface area contributed by atoms with Crippen molar-refractivity contribution in [3.8, 4) is 0 Å². The number of amides is 8. The Hall–Kier alpha value is -4.33. The Morgan fingerprint density at radius 2 is 1.42 bits per heavy atom. The molecule has 1 saturated carbocycles. The molecule has 0 bridgehead atoms. The molecular weight excluding hydrogens is 763 g/mol. The van der Waals surface area contributed by atoms with Crippen molar-refractivity contribution in [1.82, 2.24) is 42.5 Å². The zero-order chi connectivity index (χ0) is 41.9. The van der Waals surface area contributed by atoms with Crippen molar-refractivity contribution in [2.24, 2.45) is 23.5 Å². The summed E-state index contributed by atoms with van der Waals surface area (Å²) in [6, 6.07) is -0.848. The third-order valence-corrected chi connectivity index (χ3v) is 12.3. The predicted molar refractivity (Wildman–Crippen MR) is 212 cm³/mol. The van der Waals surface area contributed by atoms with Crippen LogP contribution in [0.25, 0.3) is 0 Å². The lowest BCUT2D eigenvalue weighted by Crippen LogP contribution is -2.53. The highest BCUT2D eigenvalue weighted by molar-refractivity contribution is 8.00. The van der Waals surface area contributed by atoms with E-state index < -0.39 is 59.8 Å². The number of urea groups is 1. The Kier molecular flexibility index (Phi) is 20.2. The fourth-order valence-corrected chi connectivity index (χ4v) is 9.35. The third-order valence-electron chi connectivity index (χ3n) is 10.8. The highest BCUT2D eigenvalue weighted by atomic mass is 32.2. The van der Waals surface area contributed by atoms with Gasteiger partial charge in [-0.3, -0.25) is 28.8 Å². The number of carboxylic acid groups (broad SMARTS) is 1. The lowest BCUT2D eigenvalue weighted by molar-refractivity contribution is -0.145. The molecule has 11 N–H and O–H groups in total. The van der Waals surface area contributed by atoms with Crippen LogP contribution in [0.3, 0.4) is 0 Å². The molecule has 322 valence electrons. The van der Waals surface area contributed by atoms with Crippen LogP contribution in [0, 0.1) is 17.8 Å². The van der Waals surface area contributed by atoms with Crippen LogP contribution in [0.1, 0.15) is 91.4 Å². The first-order valence-electron chi connectivity index (χ1n) is 20.2. The number of ether oxygens (including phenoxy) is 1. The standard InChI is InChI=1S/C37H63N9O10S/c1-4-22(5-2)32(44-21(3)47)31-24(38)16-23(35(52)53)34(31)56-37(55)40-15-11-7-6-10-14-39-28(49)17-42-30(51)19-43-29(50)18-41-27(48)13-9-8-12-26-33-25(20-57-26)45-36(54)46-33/h22-26,31-34H,4-20,38H2,1-3H3,(H,39,49)(H,40,55)(H,41,48)(H,42,51)(H,43,50)(H,44,47)(H,52,53)(H2,45,46,54)/t23?,24?,25-,26-,31?,32?,33-,34?/m0/s1. The summed E-state index contributed by atoms with van der Waals surface area (Å²) in [5, 5.41) is 31.7. The molecule has 3 rings (SSSR count). The van der Waals surface area contributed by atoms with Crippen molar-refractivity contribution in [2.75, 3.05) is 38.5 Å². The zero-order valence-corrected chi connectivity index (χ0v) is 34.1. The summed E-state index contributed by atoms with van der Waals surface area (Å²) >= 11 is 1.82. The number of carbonyl (C=O) groups excluding carboxylic acids is 7. The minimum Gasteiger partial charge on any atom is -0.481 e. The molecule has 3 fully saturated rings. The van der Waals surface area contributed by atoms with Crippen molar-refractivity contribution in [3.05, 3.63) is 0 Å². The third kappa shape index (κ3) is 15.9. The van der Waals surface area contributed by atoms with Crippen molar-refractivity contribution >= 4 is 59.4 Å². The number of hydrogen-bond acceptors (Lipinski definition) is 11. The van der Waals surface area contributed by atoms with Crippen LogP contribution in [0.15, 0.2) is 0 Å². The molecule has 8 amide bonds. The minimum absolute atomic E-state index is 0.0308. The van der Waals surface area contributed by atoms with Crippen LogP contribution in [-0.4, -0.2) is 127 Å². The molecule has 20 heteroatoms. The maximum absolute atomic E-state index is 12.7. The van der Waals surface area contributed by atoms with Gasteiger partial charge in [0.25, 0.3) is 0 Å². The quantitative estimate of drug-likeness (QED) is 0.0424. The number of aliphatic carboxylic acids is 1. The molecule has 3 aliphatic rings. The number of alkyl carbamates (subject to hydrolysis) is 1. The number of fused-ring (bicyclic) bond motifs is 1. The smallest absolute Gasteiger partial charge is 0.407 e. The number of hydrogen-bond donors (Lipinski definition) is 10. The van der Waals surface area contributed by atoms with Gasteiger partial charge < -0.3 is 58.1 Å². The van der Waals surface area contributed by atoms with E-state index >= 15 is 0 Å². The van der Waals surface area contributed by atoms with Crippen molar-refractivity contribution in [2.45, 2.75) is 127 Å². The van der Waals surface area contributed by atoms with Gasteiger partial charge in [0.15, 0.2) is 0 Å². The SMILES string of the molecule is CCC(CC)C(NC(C)=O)C1C(N)CC(C(=O)O)C1OC(=O)NCCCCCCNC(=O)CNC(=O)CNC(=O)CNC(=O)CCCC[C@@H]1SC[C@@H]2NC(=O)N[C@@H]21. The van der Waals surface area contributed by atoms with E-state index in [0.29, 0.717) is 37.6 Å². The molecule has 1 aliphatic carbocycles. The van der Waals surface area contributed by atoms with Gasteiger partial charge >= 0.3 is 18.1 Å². The maximum Gasteiger partial charge on any atom is 0.407 e. The first kappa shape index (κ1) is 47.0. The van der Waals surface area contributed by atoms with Gasteiger partial charge in [0.05, 0.1) is 37.6 Å². The summed E-state index contributed by atoms with van der Waals surface area (Å²) in [7, 11) is 0. The van der Waals surface area contributed by atoms with E-state index in [4.69, 9.17) is 10.5 Å². The van der Waals surface area contributed by atoms with Crippen LogP contribution in [-0.2, 0) is 33.5 Å². The molecular formula is C37H63N9O10S. The average Bonchev–Trinajstić information content (AvgIpc) is 3.83. The summed E-state index contributed by atoms with van der Waals surface area (Å²) in [6.07, 6.45) is 5.26. The zero-order valence-electron chi connectivity index (χ0n) is 33.3. The van der Waals surface area contributed by atoms with E-state index in [1.807, 2.05) is 25.6 Å². The van der Waals surface area contributed by atoms with Crippen molar-refractivity contribution < 1.29 is 48.2 Å². The second-order valence-electron chi connectivity index (χ2n) is 15.0. The van der Waals surface area contributed by atoms with Gasteiger partial charge in [-0.15, -0.1) is 0 Å². The van der Waals surface area contributed by atoms with E-state index in [-0.39, 0.29) is 68.3 Å². The monoisotopic (exact) mass is 825 g/mol. The van der Waals surface area contributed by atoms with Gasteiger partial charge in [-0.2, -0.15) is 11.8 Å². The van der Waals surface area contributed by atoms with Crippen molar-refractivity contribution in [1.29, 1.82) is 0 Å². The minimum atomic E-state index is -1.11. The van der Waals surface area contributed by atoms with E-state index in [1.165, 1.54) is 6.92 Å². The molecule has 2 aliphatic heterocycles. The predicted octanol–water partition coefficient (Wildman–Crippen LogP) is -0.179. The molecule has 2 saturated heterocycles. The Balaban J connectivity index is 1.19. The van der Waals surface area contributed by atoms with E-state index in [9.17, 15) is 43.5 Å². The van der Waals surface area contributed by atoms with E-state index in [1.54, 1.807) is 0 Å². The number of thioether (sulfide) groups is 1. The number of nitrogens with two attached hydrogens (primary N) is 1. The number of rotatable bonds is 25. The van der Waals surface area contributed by atoms with Gasteiger partial charge in [0.2, 0.25) is 29.5 Å². The number of carbonyl (C=O) groups is 8. The second kappa shape index (κ2) is 24.4. The molecule has 0 aromatic carbocycles. The Morgan fingerprint density at radius 3 is 2.02 bits per heavy atom. The highest BCUT2D eigenvalue weighted by Crippen LogP contribution is 2.39. The largest absolute Gasteiger partial charge is 0.481 e. The lowest BCUT2D eigenvalue weighted by Gasteiger charge is -2.36. The summed E-state index contributed by atoms with van der Waals surface area (Å²) in [5.74, 6) is -3.74. The van der Waals surface area contributed by atoms with E-state index in [2.05, 4.69) is 42.5 Å². The first-order valence-corrected chi connectivity index (χ1v) is 21.2. The first-order chi connectivity index (χ1) is 27.2. The van der Waals surface area contributed by atoms with Gasteiger partial charge in [-0.05, 0) is 38.0 Å². The summed E-state index contributed by atoms with van der Waals surface area (Å²) in [6.45, 7) is 5.17. The molecule has 0 aromatic rings. The Bertz CT molecular complexity index is 1400. The molecule has 19 nitrogen and oxygen atoms in total. The summed E-state index contributed by atoms with van der Waals surface area (Å²) in [5.41, 5.74) is 6.40. The van der Waals surface area contributed by atoms with Gasteiger partial charge in [-0.1, -0.05) is 46.0 Å². The summed E-state index contributed by atoms with van der Waals surface area (Å²) < 4.78 is 5.68. The molecule has 57 heavy (non-hydrogen) atoms. The topological polar surface area (TPSA) is 288 Å². The molecule has 8 atom stereocenters. The molecule has 0 aromatic heterocycles. The molecule has 0 spiro atoms. The number of unbranched alkanes of at least 4 members (excludes halogenated alkanes) is 4. The second-order valence-corrected chi connectivity index (χ2v) is 16.3. The lowest BCUT2D eigenvalue weighted by atomic mass is 9.80. The number of nitrogens with one attached hydrogen (secondary N) is 8. The van der Waals surface area contributed by atoms with Crippen LogP contribution < -0.4 is 48.3 Å². The van der Waals surface area contributed by atoms with Crippen LogP contribution in [0.5, 0.6) is 0 Å². The Labute approximate surface area is 338 Å². The number of carboxylic acids is 1. The van der Waals surface area contributed by atoms with Gasteiger partial charge in [0.1, 0.15) is 6.10 Å². The average molecular weight is 826 g/mol. The van der Waals surface area contributed by atoms with E-state index in [0.717, 1.165) is 44.3 Å². The molecule has 0 radical (unpaired) electrons. The van der Waals surface area contributed by atoms with Crippen LogP contribution >= 0.6 is 11.8 Å². The molecule has 2 heterocycles. The van der Waals surface area contributed by atoms with Crippen molar-refractivity contribution in [3.63, 3.8) is 0 Å².